The van der Waals surface area contributed by atoms with E-state index in [1.807, 2.05) is 51.1 Å². The third kappa shape index (κ3) is 3.41. The van der Waals surface area contributed by atoms with Gasteiger partial charge in [0.05, 0.1) is 11.9 Å². The number of imidazole rings is 1. The van der Waals surface area contributed by atoms with Crippen LogP contribution in [0.15, 0.2) is 42.6 Å². The number of nitrogens with zero attached hydrogens (tertiary/aromatic N) is 1. The second-order valence-electron chi connectivity index (χ2n) is 5.50. The fourth-order valence-electron chi connectivity index (χ4n) is 1.59. The van der Waals surface area contributed by atoms with Crippen molar-refractivity contribution >= 4 is 11.9 Å². The molecule has 98 valence electrons. The monoisotopic (exact) mass is 254 g/mol. The first-order valence-corrected chi connectivity index (χ1v) is 6.30. The van der Waals surface area contributed by atoms with Gasteiger partial charge < -0.3 is 4.98 Å². The number of rotatable bonds is 3. The van der Waals surface area contributed by atoms with Gasteiger partial charge in [-0.15, -0.1) is 0 Å². The Morgan fingerprint density at radius 3 is 2.53 bits per heavy atom. The minimum atomic E-state index is -0.356. The summed E-state index contributed by atoms with van der Waals surface area (Å²) in [6.45, 7) is 5.70. The molecule has 0 saturated carbocycles. The summed E-state index contributed by atoms with van der Waals surface area (Å²) >= 11 is 0. The minimum absolute atomic E-state index is 0.0881. The lowest BCUT2D eigenvalue weighted by molar-refractivity contribution is -0.121. The third-order valence-electron chi connectivity index (χ3n) is 2.81. The largest absolute Gasteiger partial charge is 0.338 e. The van der Waals surface area contributed by atoms with Crippen LogP contribution in [0.3, 0.4) is 0 Å². The molecule has 3 heteroatoms. The van der Waals surface area contributed by atoms with E-state index < -0.39 is 0 Å². The zero-order chi connectivity index (χ0) is 13.9. The number of hydrogen-bond acceptors (Lipinski definition) is 2. The van der Waals surface area contributed by atoms with Crippen LogP contribution in [-0.4, -0.2) is 15.8 Å². The summed E-state index contributed by atoms with van der Waals surface area (Å²) < 4.78 is 0. The van der Waals surface area contributed by atoms with Crippen molar-refractivity contribution in [2.24, 2.45) is 5.41 Å². The first-order valence-electron chi connectivity index (χ1n) is 6.30. The van der Waals surface area contributed by atoms with Gasteiger partial charge in [-0.3, -0.25) is 4.79 Å². The highest BCUT2D eigenvalue weighted by Gasteiger charge is 2.18. The SMILES string of the molecule is CC(C)(C)C(=O)C=Cc1ncc(-c2ccccc2)[nH]1. The molecule has 1 aromatic carbocycles. The number of hydrogen-bond donors (Lipinski definition) is 1. The lowest BCUT2D eigenvalue weighted by Gasteiger charge is -2.12. The molecule has 3 nitrogen and oxygen atoms in total. The molecule has 0 atom stereocenters. The molecule has 1 aromatic heterocycles. The van der Waals surface area contributed by atoms with E-state index in [1.54, 1.807) is 18.3 Å². The molecule has 2 aromatic rings. The Bertz CT molecular complexity index is 589. The van der Waals surface area contributed by atoms with Crippen LogP contribution >= 0.6 is 0 Å². The van der Waals surface area contributed by atoms with Crippen molar-refractivity contribution < 1.29 is 4.79 Å². The molecule has 19 heavy (non-hydrogen) atoms. The Hall–Kier alpha value is -2.16. The molecule has 0 saturated heterocycles. The number of carbonyl (C=O) groups is 1. The van der Waals surface area contributed by atoms with Crippen molar-refractivity contribution in [1.82, 2.24) is 9.97 Å². The van der Waals surface area contributed by atoms with Crippen molar-refractivity contribution in [3.05, 3.63) is 48.4 Å². The van der Waals surface area contributed by atoms with Gasteiger partial charge in [0.2, 0.25) is 0 Å². The molecular weight excluding hydrogens is 236 g/mol. The average molecular weight is 254 g/mol. The van der Waals surface area contributed by atoms with Crippen LogP contribution in [0.5, 0.6) is 0 Å². The van der Waals surface area contributed by atoms with Gasteiger partial charge in [0, 0.05) is 5.41 Å². The van der Waals surface area contributed by atoms with E-state index >= 15 is 0 Å². The second kappa shape index (κ2) is 5.22. The maximum Gasteiger partial charge on any atom is 0.161 e. The topological polar surface area (TPSA) is 45.8 Å². The quantitative estimate of drug-likeness (QED) is 0.849. The number of allylic oxidation sites excluding steroid dienone is 1. The van der Waals surface area contributed by atoms with Crippen LogP contribution in [-0.2, 0) is 4.79 Å². The van der Waals surface area contributed by atoms with Gasteiger partial charge in [0.15, 0.2) is 5.78 Å². The molecule has 1 N–H and O–H groups in total. The summed E-state index contributed by atoms with van der Waals surface area (Å²) in [7, 11) is 0. The van der Waals surface area contributed by atoms with Crippen molar-refractivity contribution in [2.75, 3.05) is 0 Å². The zero-order valence-electron chi connectivity index (χ0n) is 11.5. The molecule has 0 aliphatic rings. The number of H-pyrrole nitrogens is 1. The number of carbonyl (C=O) groups excluding carboxylic acids is 1. The molecule has 0 aliphatic carbocycles. The van der Waals surface area contributed by atoms with E-state index in [4.69, 9.17) is 0 Å². The van der Waals surface area contributed by atoms with Crippen LogP contribution in [0.25, 0.3) is 17.3 Å². The van der Waals surface area contributed by atoms with E-state index in [-0.39, 0.29) is 11.2 Å². The predicted octanol–water partition coefficient (Wildman–Crippen LogP) is 3.71. The van der Waals surface area contributed by atoms with Crippen molar-refractivity contribution in [3.63, 3.8) is 0 Å². The summed E-state index contributed by atoms with van der Waals surface area (Å²) in [5.74, 6) is 0.779. The Balaban J connectivity index is 2.15. The van der Waals surface area contributed by atoms with Gasteiger partial charge in [-0.2, -0.15) is 0 Å². The minimum Gasteiger partial charge on any atom is -0.338 e. The summed E-state index contributed by atoms with van der Waals surface area (Å²) in [6.07, 6.45) is 5.07. The first kappa shape index (κ1) is 13.3. The molecule has 0 amide bonds. The maximum absolute atomic E-state index is 11.8. The van der Waals surface area contributed by atoms with Crippen molar-refractivity contribution in [1.29, 1.82) is 0 Å². The Morgan fingerprint density at radius 1 is 1.21 bits per heavy atom. The number of benzene rings is 1. The van der Waals surface area contributed by atoms with E-state index in [2.05, 4.69) is 9.97 Å². The fourth-order valence-corrected chi connectivity index (χ4v) is 1.59. The predicted molar refractivity (Wildman–Crippen MR) is 77.5 cm³/mol. The Morgan fingerprint density at radius 2 is 1.89 bits per heavy atom. The normalized spacial score (nSPS) is 11.9. The Kier molecular flexibility index (Phi) is 3.65. The lowest BCUT2D eigenvalue weighted by atomic mass is 9.91. The van der Waals surface area contributed by atoms with E-state index in [0.29, 0.717) is 5.82 Å². The highest BCUT2D eigenvalue weighted by Crippen LogP contribution is 2.18. The Labute approximate surface area is 113 Å². The van der Waals surface area contributed by atoms with Gasteiger partial charge in [-0.05, 0) is 17.7 Å². The fraction of sp³-hybridized carbons (Fsp3) is 0.250. The van der Waals surface area contributed by atoms with Gasteiger partial charge in [-0.25, -0.2) is 4.98 Å². The molecule has 0 spiro atoms. The number of aromatic nitrogens is 2. The summed E-state index contributed by atoms with van der Waals surface area (Å²) in [5.41, 5.74) is 1.67. The van der Waals surface area contributed by atoms with Crippen molar-refractivity contribution in [3.8, 4) is 11.3 Å². The molecule has 0 aliphatic heterocycles. The molecule has 2 rings (SSSR count). The summed E-state index contributed by atoms with van der Waals surface area (Å²) in [5, 5.41) is 0. The van der Waals surface area contributed by atoms with Crippen molar-refractivity contribution in [2.45, 2.75) is 20.8 Å². The lowest BCUT2D eigenvalue weighted by Crippen LogP contribution is -2.17. The highest BCUT2D eigenvalue weighted by molar-refractivity contribution is 5.96. The first-order chi connectivity index (χ1) is 8.97. The van der Waals surface area contributed by atoms with Gasteiger partial charge >= 0.3 is 0 Å². The van der Waals surface area contributed by atoms with E-state index in [1.165, 1.54) is 0 Å². The highest BCUT2D eigenvalue weighted by atomic mass is 16.1. The number of aromatic amines is 1. The van der Waals surface area contributed by atoms with E-state index in [0.717, 1.165) is 11.3 Å². The number of ketones is 1. The van der Waals surface area contributed by atoms with Crippen LogP contribution < -0.4 is 0 Å². The second-order valence-corrected chi connectivity index (χ2v) is 5.50. The van der Waals surface area contributed by atoms with Crippen LogP contribution in [0, 0.1) is 5.41 Å². The molecule has 0 bridgehead atoms. The number of nitrogens with one attached hydrogen (secondary N) is 1. The summed E-state index contributed by atoms with van der Waals surface area (Å²) in [4.78, 5) is 19.2. The van der Waals surface area contributed by atoms with Gasteiger partial charge in [0.25, 0.3) is 0 Å². The smallest absolute Gasteiger partial charge is 0.161 e. The molecular formula is C16H18N2O. The van der Waals surface area contributed by atoms with Crippen LogP contribution in [0.4, 0.5) is 0 Å². The third-order valence-corrected chi connectivity index (χ3v) is 2.81. The van der Waals surface area contributed by atoms with E-state index in [9.17, 15) is 4.79 Å². The molecule has 0 unspecified atom stereocenters. The van der Waals surface area contributed by atoms with Gasteiger partial charge in [-0.1, -0.05) is 51.1 Å². The summed E-state index contributed by atoms with van der Waals surface area (Å²) in [6, 6.07) is 9.97. The van der Waals surface area contributed by atoms with Gasteiger partial charge in [0.1, 0.15) is 5.82 Å². The molecule has 1 heterocycles. The zero-order valence-corrected chi connectivity index (χ0v) is 11.5. The average Bonchev–Trinajstić information content (AvgIpc) is 2.84. The standard InChI is InChI=1S/C16H18N2O/c1-16(2,3)14(19)9-10-15-17-11-13(18-15)12-7-5-4-6-8-12/h4-11H,1-3H3,(H,17,18). The van der Waals surface area contributed by atoms with Crippen LogP contribution in [0.1, 0.15) is 26.6 Å². The molecule has 0 radical (unpaired) electrons. The molecule has 0 fully saturated rings. The maximum atomic E-state index is 11.8. The van der Waals surface area contributed by atoms with Crippen LogP contribution in [0.2, 0.25) is 0 Å².